The molecule has 24 heavy (non-hydrogen) atoms. The van der Waals surface area contributed by atoms with Gasteiger partial charge in [-0.25, -0.2) is 9.66 Å². The molecule has 6 nitrogen and oxygen atoms in total. The first kappa shape index (κ1) is 16.7. The van der Waals surface area contributed by atoms with Gasteiger partial charge in [-0.05, 0) is 24.6 Å². The highest BCUT2D eigenvalue weighted by molar-refractivity contribution is 5.81. The Bertz CT molecular complexity index is 697. The summed E-state index contributed by atoms with van der Waals surface area (Å²) in [6.07, 6.45) is 3.70. The Labute approximate surface area is 143 Å². The summed E-state index contributed by atoms with van der Waals surface area (Å²) >= 11 is 0. The number of imidazole rings is 1. The second kappa shape index (κ2) is 7.59. The van der Waals surface area contributed by atoms with Crippen LogP contribution in [0.2, 0.25) is 0 Å². The van der Waals surface area contributed by atoms with Crippen LogP contribution >= 0.6 is 0 Å². The largest absolute Gasteiger partial charge is 0.368 e. The van der Waals surface area contributed by atoms with E-state index in [2.05, 4.69) is 45.0 Å². The van der Waals surface area contributed by atoms with E-state index < -0.39 is 0 Å². The van der Waals surface area contributed by atoms with Crippen molar-refractivity contribution in [3.8, 4) is 0 Å². The van der Waals surface area contributed by atoms with Crippen LogP contribution < -0.4 is 5.73 Å². The monoisotopic (exact) mass is 326 g/mol. The zero-order valence-corrected chi connectivity index (χ0v) is 14.5. The van der Waals surface area contributed by atoms with Gasteiger partial charge < -0.3 is 10.6 Å². The minimum absolute atomic E-state index is 0.414. The highest BCUT2D eigenvalue weighted by Gasteiger charge is 2.16. The average Bonchev–Trinajstić information content (AvgIpc) is 2.92. The van der Waals surface area contributed by atoms with Crippen molar-refractivity contribution < 1.29 is 0 Å². The number of anilines is 1. The topological polar surface area (TPSA) is 62.7 Å². The van der Waals surface area contributed by atoms with Gasteiger partial charge in [-0.15, -0.1) is 0 Å². The van der Waals surface area contributed by atoms with Crippen molar-refractivity contribution in [2.75, 3.05) is 38.5 Å². The van der Waals surface area contributed by atoms with Crippen LogP contribution in [0.1, 0.15) is 23.7 Å². The molecule has 2 heterocycles. The number of piperazine rings is 1. The SMILES string of the molecule is CCN1CCN(Cc2ccccc2C=Nn2cc(C)nc2N)CC1. The minimum Gasteiger partial charge on any atom is -0.368 e. The number of nitrogens with zero attached hydrogens (tertiary/aromatic N) is 5. The molecule has 2 N–H and O–H groups in total. The number of likely N-dealkylation sites (N-methyl/N-ethyl adjacent to an activating group) is 1. The van der Waals surface area contributed by atoms with E-state index >= 15 is 0 Å². The van der Waals surface area contributed by atoms with Gasteiger partial charge in [-0.2, -0.15) is 5.10 Å². The van der Waals surface area contributed by atoms with E-state index in [1.807, 2.05) is 25.4 Å². The second-order valence-corrected chi connectivity index (χ2v) is 6.24. The Hall–Kier alpha value is -2.18. The highest BCUT2D eigenvalue weighted by atomic mass is 15.4. The highest BCUT2D eigenvalue weighted by Crippen LogP contribution is 2.13. The third kappa shape index (κ3) is 4.01. The molecule has 0 atom stereocenters. The maximum Gasteiger partial charge on any atom is 0.221 e. The molecular formula is C18H26N6. The Balaban J connectivity index is 1.70. The molecule has 0 saturated carbocycles. The van der Waals surface area contributed by atoms with Gasteiger partial charge in [0.15, 0.2) is 0 Å². The van der Waals surface area contributed by atoms with Crippen LogP contribution in [0, 0.1) is 6.92 Å². The zero-order chi connectivity index (χ0) is 16.9. The van der Waals surface area contributed by atoms with E-state index in [0.717, 1.165) is 50.5 Å². The van der Waals surface area contributed by atoms with Crippen molar-refractivity contribution in [1.29, 1.82) is 0 Å². The molecule has 1 aromatic carbocycles. The number of aryl methyl sites for hydroxylation is 1. The molecule has 1 fully saturated rings. The third-order valence-corrected chi connectivity index (χ3v) is 4.52. The molecule has 1 aromatic heterocycles. The zero-order valence-electron chi connectivity index (χ0n) is 14.5. The molecule has 0 unspecified atom stereocenters. The summed E-state index contributed by atoms with van der Waals surface area (Å²) in [6.45, 7) is 10.8. The smallest absolute Gasteiger partial charge is 0.221 e. The molecule has 0 amide bonds. The van der Waals surface area contributed by atoms with E-state index in [9.17, 15) is 0 Å². The fourth-order valence-corrected chi connectivity index (χ4v) is 3.03. The molecule has 6 heteroatoms. The molecule has 0 radical (unpaired) electrons. The second-order valence-electron chi connectivity index (χ2n) is 6.24. The summed E-state index contributed by atoms with van der Waals surface area (Å²) in [5, 5.41) is 4.45. The van der Waals surface area contributed by atoms with Crippen molar-refractivity contribution in [2.24, 2.45) is 5.10 Å². The summed E-state index contributed by atoms with van der Waals surface area (Å²) in [6, 6.07) is 8.41. The predicted molar refractivity (Wildman–Crippen MR) is 98.2 cm³/mol. The maximum absolute atomic E-state index is 5.84. The normalized spacial score (nSPS) is 16.9. The molecule has 0 spiro atoms. The molecule has 1 aliphatic rings. The van der Waals surface area contributed by atoms with Gasteiger partial charge in [-0.1, -0.05) is 31.2 Å². The number of nitrogen functional groups attached to an aromatic ring is 1. The van der Waals surface area contributed by atoms with Crippen molar-refractivity contribution >= 4 is 12.2 Å². The Kier molecular flexibility index (Phi) is 5.27. The van der Waals surface area contributed by atoms with Crippen LogP contribution in [0.3, 0.4) is 0 Å². The lowest BCUT2D eigenvalue weighted by atomic mass is 10.1. The van der Waals surface area contributed by atoms with Gasteiger partial charge in [-0.3, -0.25) is 4.90 Å². The Morgan fingerprint density at radius 2 is 1.88 bits per heavy atom. The maximum atomic E-state index is 5.84. The van der Waals surface area contributed by atoms with Crippen molar-refractivity contribution in [3.05, 3.63) is 47.3 Å². The number of benzene rings is 1. The number of hydrogen-bond donors (Lipinski definition) is 1. The summed E-state index contributed by atoms with van der Waals surface area (Å²) in [5.41, 5.74) is 9.13. The van der Waals surface area contributed by atoms with Gasteiger partial charge in [0, 0.05) is 32.7 Å². The lowest BCUT2D eigenvalue weighted by molar-refractivity contribution is 0.132. The van der Waals surface area contributed by atoms with E-state index in [1.165, 1.54) is 5.56 Å². The number of hydrogen-bond acceptors (Lipinski definition) is 5. The van der Waals surface area contributed by atoms with E-state index in [0.29, 0.717) is 5.95 Å². The molecule has 0 bridgehead atoms. The summed E-state index contributed by atoms with van der Waals surface area (Å²) in [5.74, 6) is 0.414. The van der Waals surface area contributed by atoms with Crippen LogP contribution in [0.15, 0.2) is 35.6 Å². The number of rotatable bonds is 5. The predicted octanol–water partition coefficient (Wildman–Crippen LogP) is 1.79. The van der Waals surface area contributed by atoms with Gasteiger partial charge in [0.1, 0.15) is 0 Å². The van der Waals surface area contributed by atoms with E-state index in [4.69, 9.17) is 5.73 Å². The Morgan fingerprint density at radius 1 is 1.17 bits per heavy atom. The lowest BCUT2D eigenvalue weighted by Crippen LogP contribution is -2.45. The van der Waals surface area contributed by atoms with Crippen molar-refractivity contribution in [3.63, 3.8) is 0 Å². The molecule has 0 aliphatic carbocycles. The van der Waals surface area contributed by atoms with Crippen molar-refractivity contribution in [1.82, 2.24) is 19.5 Å². The van der Waals surface area contributed by atoms with Gasteiger partial charge in [0.05, 0.1) is 18.1 Å². The van der Waals surface area contributed by atoms with Crippen LogP contribution in [-0.2, 0) is 6.54 Å². The molecular weight excluding hydrogens is 300 g/mol. The van der Waals surface area contributed by atoms with Crippen LogP contribution in [0.4, 0.5) is 5.95 Å². The molecule has 1 saturated heterocycles. The summed E-state index contributed by atoms with van der Waals surface area (Å²) < 4.78 is 1.62. The quantitative estimate of drug-likeness (QED) is 0.851. The lowest BCUT2D eigenvalue weighted by Gasteiger charge is -2.34. The van der Waals surface area contributed by atoms with Gasteiger partial charge in [0.25, 0.3) is 0 Å². The first-order valence-electron chi connectivity index (χ1n) is 8.54. The minimum atomic E-state index is 0.414. The van der Waals surface area contributed by atoms with Crippen LogP contribution in [0.5, 0.6) is 0 Å². The van der Waals surface area contributed by atoms with E-state index in [1.54, 1.807) is 4.68 Å². The van der Waals surface area contributed by atoms with Crippen LogP contribution in [-0.4, -0.2) is 58.4 Å². The van der Waals surface area contributed by atoms with Gasteiger partial charge >= 0.3 is 0 Å². The first-order valence-corrected chi connectivity index (χ1v) is 8.54. The third-order valence-electron chi connectivity index (χ3n) is 4.52. The Morgan fingerprint density at radius 3 is 2.54 bits per heavy atom. The first-order chi connectivity index (χ1) is 11.7. The fraction of sp³-hybridized carbons (Fsp3) is 0.444. The standard InChI is InChI=1S/C18H26N6/c1-3-22-8-10-23(11-9-22)14-17-7-5-4-6-16(17)12-20-24-13-15(2)21-18(24)19/h4-7,12-13H,3,8-11,14H2,1-2H3,(H2,19,21). The summed E-state index contributed by atoms with van der Waals surface area (Å²) in [7, 11) is 0. The van der Waals surface area contributed by atoms with Crippen molar-refractivity contribution in [2.45, 2.75) is 20.4 Å². The molecule has 2 aromatic rings. The van der Waals surface area contributed by atoms with Gasteiger partial charge in [0.2, 0.25) is 5.95 Å². The van der Waals surface area contributed by atoms with E-state index in [-0.39, 0.29) is 0 Å². The number of nitrogens with two attached hydrogens (primary N) is 1. The average molecular weight is 326 g/mol. The fourth-order valence-electron chi connectivity index (χ4n) is 3.03. The molecule has 128 valence electrons. The van der Waals surface area contributed by atoms with Crippen LogP contribution in [0.25, 0.3) is 0 Å². The molecule has 3 rings (SSSR count). The summed E-state index contributed by atoms with van der Waals surface area (Å²) in [4.78, 5) is 9.17. The molecule has 1 aliphatic heterocycles. The number of aromatic nitrogens is 2.